The zero-order chi connectivity index (χ0) is 17.2. The van der Waals surface area contributed by atoms with Crippen LogP contribution in [0.4, 0.5) is 0 Å². The Labute approximate surface area is 144 Å². The third-order valence-electron chi connectivity index (χ3n) is 4.33. The number of fused-ring (bicyclic) bond motifs is 1. The summed E-state index contributed by atoms with van der Waals surface area (Å²) in [6.07, 6.45) is 5.71. The maximum Gasteiger partial charge on any atom is 0.272 e. The summed E-state index contributed by atoms with van der Waals surface area (Å²) in [4.78, 5) is 21.0. The largest absolute Gasteiger partial charge is 0.339 e. The van der Waals surface area contributed by atoms with Crippen LogP contribution < -0.4 is 5.32 Å². The highest BCUT2D eigenvalue weighted by atomic mass is 16.5. The number of H-pyrrole nitrogens is 1. The van der Waals surface area contributed by atoms with Gasteiger partial charge in [0.2, 0.25) is 11.7 Å². The van der Waals surface area contributed by atoms with Gasteiger partial charge in [0.15, 0.2) is 5.69 Å². The minimum atomic E-state index is -0.423. The molecule has 0 radical (unpaired) electrons. The highest BCUT2D eigenvalue weighted by Crippen LogP contribution is 2.23. The van der Waals surface area contributed by atoms with Crippen LogP contribution in [0.25, 0.3) is 11.5 Å². The van der Waals surface area contributed by atoms with Crippen molar-refractivity contribution in [2.45, 2.75) is 38.6 Å². The molecule has 1 aliphatic carbocycles. The highest BCUT2D eigenvalue weighted by molar-refractivity contribution is 5.94. The van der Waals surface area contributed by atoms with Crippen molar-refractivity contribution in [2.75, 3.05) is 0 Å². The fourth-order valence-electron chi connectivity index (χ4n) is 3.01. The van der Waals surface area contributed by atoms with Crippen molar-refractivity contribution in [3.63, 3.8) is 0 Å². The Balaban J connectivity index is 1.49. The average molecular weight is 338 g/mol. The monoisotopic (exact) mass is 338 g/mol. The van der Waals surface area contributed by atoms with Gasteiger partial charge in [0.05, 0.1) is 0 Å². The maximum atomic E-state index is 12.5. The Kier molecular flexibility index (Phi) is 4.01. The summed E-state index contributed by atoms with van der Waals surface area (Å²) >= 11 is 0. The molecule has 3 heterocycles. The van der Waals surface area contributed by atoms with Crippen LogP contribution in [0.15, 0.2) is 28.9 Å². The van der Waals surface area contributed by atoms with E-state index < -0.39 is 6.04 Å². The van der Waals surface area contributed by atoms with E-state index in [1.54, 1.807) is 19.2 Å². The number of carbonyl (C=O) groups excluding carboxylic acids is 1. The van der Waals surface area contributed by atoms with E-state index in [-0.39, 0.29) is 5.91 Å². The van der Waals surface area contributed by atoms with Crippen molar-refractivity contribution < 1.29 is 9.32 Å². The molecular formula is C17H18N6O2. The quantitative estimate of drug-likeness (QED) is 0.755. The Morgan fingerprint density at radius 1 is 1.32 bits per heavy atom. The molecule has 2 N–H and O–H groups in total. The van der Waals surface area contributed by atoms with Crippen LogP contribution >= 0.6 is 0 Å². The van der Waals surface area contributed by atoms with Crippen LogP contribution in [-0.4, -0.2) is 31.2 Å². The van der Waals surface area contributed by atoms with Gasteiger partial charge < -0.3 is 9.84 Å². The molecule has 1 atom stereocenters. The molecule has 0 saturated carbocycles. The van der Waals surface area contributed by atoms with E-state index in [2.05, 4.69) is 30.6 Å². The molecule has 0 spiro atoms. The fraction of sp³-hybridized carbons (Fsp3) is 0.353. The molecule has 0 saturated heterocycles. The van der Waals surface area contributed by atoms with Gasteiger partial charge >= 0.3 is 0 Å². The molecule has 25 heavy (non-hydrogen) atoms. The van der Waals surface area contributed by atoms with Gasteiger partial charge in [-0.2, -0.15) is 10.1 Å². The smallest absolute Gasteiger partial charge is 0.272 e. The zero-order valence-electron chi connectivity index (χ0n) is 13.8. The number of carbonyl (C=O) groups is 1. The SMILES string of the molecule is C[C@@H](NC(=O)c1n[nH]c2c1CCCC2)c1nc(-c2ccccn2)no1. The molecule has 8 heteroatoms. The summed E-state index contributed by atoms with van der Waals surface area (Å²) in [5.41, 5.74) is 3.18. The van der Waals surface area contributed by atoms with E-state index in [1.807, 2.05) is 12.1 Å². The van der Waals surface area contributed by atoms with Crippen LogP contribution in [0.3, 0.4) is 0 Å². The zero-order valence-corrected chi connectivity index (χ0v) is 13.8. The van der Waals surface area contributed by atoms with Crippen LogP contribution in [0, 0.1) is 0 Å². The lowest BCUT2D eigenvalue weighted by Crippen LogP contribution is -2.28. The van der Waals surface area contributed by atoms with E-state index in [0.29, 0.717) is 23.1 Å². The molecule has 0 fully saturated rings. The summed E-state index contributed by atoms with van der Waals surface area (Å²) in [6.45, 7) is 1.80. The Morgan fingerprint density at radius 3 is 3.04 bits per heavy atom. The molecule has 1 aliphatic rings. The first-order valence-corrected chi connectivity index (χ1v) is 8.34. The van der Waals surface area contributed by atoms with Gasteiger partial charge in [0.1, 0.15) is 11.7 Å². The maximum absolute atomic E-state index is 12.5. The van der Waals surface area contributed by atoms with Gasteiger partial charge in [-0.1, -0.05) is 11.2 Å². The summed E-state index contributed by atoms with van der Waals surface area (Å²) < 4.78 is 5.27. The van der Waals surface area contributed by atoms with Crippen molar-refractivity contribution in [1.82, 2.24) is 30.6 Å². The minimum absolute atomic E-state index is 0.232. The Bertz CT molecular complexity index is 886. The average Bonchev–Trinajstić information content (AvgIpc) is 3.30. The topological polar surface area (TPSA) is 110 Å². The normalized spacial score (nSPS) is 14.8. The Morgan fingerprint density at radius 2 is 2.20 bits per heavy atom. The van der Waals surface area contributed by atoms with Crippen LogP contribution in [0.2, 0.25) is 0 Å². The van der Waals surface area contributed by atoms with Crippen molar-refractivity contribution in [3.8, 4) is 11.5 Å². The summed E-state index contributed by atoms with van der Waals surface area (Å²) in [7, 11) is 0. The van der Waals surface area contributed by atoms with Gasteiger partial charge in [-0.3, -0.25) is 14.9 Å². The number of nitrogens with one attached hydrogen (secondary N) is 2. The Hall–Kier alpha value is -3.03. The molecule has 4 rings (SSSR count). The number of aromatic amines is 1. The van der Waals surface area contributed by atoms with Gasteiger partial charge in [-0.05, 0) is 44.7 Å². The predicted molar refractivity (Wildman–Crippen MR) is 88.6 cm³/mol. The molecule has 0 bridgehead atoms. The number of aromatic nitrogens is 5. The summed E-state index contributed by atoms with van der Waals surface area (Å²) in [5, 5.41) is 14.0. The molecule has 3 aromatic rings. The van der Waals surface area contributed by atoms with Crippen molar-refractivity contribution in [3.05, 3.63) is 47.2 Å². The van der Waals surface area contributed by atoms with E-state index in [4.69, 9.17) is 4.52 Å². The first-order chi connectivity index (χ1) is 12.2. The molecular weight excluding hydrogens is 320 g/mol. The van der Waals surface area contributed by atoms with Crippen LogP contribution in [0.1, 0.15) is 53.4 Å². The third-order valence-corrected chi connectivity index (χ3v) is 4.33. The van der Waals surface area contributed by atoms with Crippen molar-refractivity contribution in [2.24, 2.45) is 0 Å². The van der Waals surface area contributed by atoms with E-state index in [9.17, 15) is 4.79 Å². The second kappa shape index (κ2) is 6.46. The van der Waals surface area contributed by atoms with E-state index in [1.165, 1.54) is 0 Å². The number of amides is 1. The first-order valence-electron chi connectivity index (χ1n) is 8.34. The fourth-order valence-corrected chi connectivity index (χ4v) is 3.01. The third kappa shape index (κ3) is 3.02. The van der Waals surface area contributed by atoms with Crippen molar-refractivity contribution in [1.29, 1.82) is 0 Å². The van der Waals surface area contributed by atoms with E-state index >= 15 is 0 Å². The molecule has 0 aliphatic heterocycles. The number of hydrogen-bond donors (Lipinski definition) is 2. The van der Waals surface area contributed by atoms with E-state index in [0.717, 1.165) is 36.9 Å². The first kappa shape index (κ1) is 15.5. The van der Waals surface area contributed by atoms with Crippen LogP contribution in [-0.2, 0) is 12.8 Å². The van der Waals surface area contributed by atoms with Gasteiger partial charge in [0.25, 0.3) is 5.91 Å². The predicted octanol–water partition coefficient (Wildman–Crippen LogP) is 2.22. The summed E-state index contributed by atoms with van der Waals surface area (Å²) in [6, 6.07) is 5.05. The molecule has 8 nitrogen and oxygen atoms in total. The molecule has 3 aromatic heterocycles. The van der Waals surface area contributed by atoms with Crippen LogP contribution in [0.5, 0.6) is 0 Å². The number of pyridine rings is 1. The summed E-state index contributed by atoms with van der Waals surface area (Å²) in [5.74, 6) is 0.497. The van der Waals surface area contributed by atoms with Gasteiger partial charge in [-0.25, -0.2) is 0 Å². The molecule has 0 unspecified atom stereocenters. The highest BCUT2D eigenvalue weighted by Gasteiger charge is 2.24. The number of nitrogens with zero attached hydrogens (tertiary/aromatic N) is 4. The lowest BCUT2D eigenvalue weighted by molar-refractivity contribution is 0.0926. The minimum Gasteiger partial charge on any atom is -0.339 e. The lowest BCUT2D eigenvalue weighted by Gasteiger charge is -2.12. The standard InChI is InChI=1S/C17H18N6O2/c1-10(17-20-15(23-25-17)13-8-4-5-9-18-13)19-16(24)14-11-6-2-3-7-12(11)21-22-14/h4-5,8-10H,2-3,6-7H2,1H3,(H,19,24)(H,21,22)/t10-/m1/s1. The van der Waals surface area contributed by atoms with Gasteiger partial charge in [0, 0.05) is 17.5 Å². The lowest BCUT2D eigenvalue weighted by atomic mass is 9.96. The molecule has 0 aromatic carbocycles. The second-order valence-electron chi connectivity index (χ2n) is 6.10. The molecule has 128 valence electrons. The number of aryl methyl sites for hydroxylation is 1. The number of hydrogen-bond acceptors (Lipinski definition) is 6. The number of rotatable bonds is 4. The van der Waals surface area contributed by atoms with Crippen molar-refractivity contribution >= 4 is 5.91 Å². The second-order valence-corrected chi connectivity index (χ2v) is 6.10. The molecule has 1 amide bonds. The van der Waals surface area contributed by atoms with Gasteiger partial charge in [-0.15, -0.1) is 0 Å².